The zero-order valence-corrected chi connectivity index (χ0v) is 5.71. The van der Waals surface area contributed by atoms with Crippen LogP contribution in [0.4, 0.5) is 4.39 Å². The second-order valence-corrected chi connectivity index (χ2v) is 1.93. The van der Waals surface area contributed by atoms with Crippen LogP contribution in [-0.4, -0.2) is 6.47 Å². The lowest BCUT2D eigenvalue weighted by atomic mass is 10.2. The average Bonchev–Trinajstić information content (AvgIpc) is 2.06. The molecule has 0 bridgehead atoms. The van der Waals surface area contributed by atoms with Gasteiger partial charge in [-0.3, -0.25) is 0 Å². The largest absolute Gasteiger partial charge is 0.423 e. The van der Waals surface area contributed by atoms with Gasteiger partial charge in [0.25, 0.3) is 0 Å². The van der Waals surface area contributed by atoms with Crippen molar-refractivity contribution in [1.82, 2.24) is 0 Å². The highest BCUT2D eigenvalue weighted by Gasteiger charge is 2.00. The van der Waals surface area contributed by atoms with Crippen LogP contribution < -0.4 is 4.74 Å². The van der Waals surface area contributed by atoms with Gasteiger partial charge in [-0.2, -0.15) is 0 Å². The first-order valence-corrected chi connectivity index (χ1v) is 3.06. The molecule has 0 spiro atoms. The number of rotatable bonds is 3. The number of hydrogen-bond acceptors (Lipinski definition) is 2. The van der Waals surface area contributed by atoms with Crippen LogP contribution in [-0.2, 0) is 11.5 Å². The Labute approximate surface area is 63.6 Å². The molecule has 2 nitrogen and oxygen atoms in total. The molecule has 57 valence electrons. The zero-order valence-electron chi connectivity index (χ0n) is 5.71. The van der Waals surface area contributed by atoms with Gasteiger partial charge in [0, 0.05) is 5.56 Å². The molecule has 0 aliphatic heterocycles. The minimum atomic E-state index is -0.641. The summed E-state index contributed by atoms with van der Waals surface area (Å²) >= 11 is 0. The summed E-state index contributed by atoms with van der Waals surface area (Å²) in [5.41, 5.74) is 0.357. The SMILES string of the molecule is O=[C]Oc1ccccc1CF. The topological polar surface area (TPSA) is 26.3 Å². The van der Waals surface area contributed by atoms with Gasteiger partial charge < -0.3 is 4.74 Å². The van der Waals surface area contributed by atoms with E-state index in [2.05, 4.69) is 4.74 Å². The van der Waals surface area contributed by atoms with Crippen molar-refractivity contribution in [2.24, 2.45) is 0 Å². The van der Waals surface area contributed by atoms with Crippen molar-refractivity contribution in [2.75, 3.05) is 0 Å². The van der Waals surface area contributed by atoms with Crippen LogP contribution >= 0.6 is 0 Å². The maximum Gasteiger partial charge on any atom is 0.423 e. The molecule has 0 atom stereocenters. The Morgan fingerprint density at radius 3 is 2.82 bits per heavy atom. The predicted octanol–water partition coefficient (Wildman–Crippen LogP) is 1.60. The van der Waals surface area contributed by atoms with Crippen molar-refractivity contribution in [2.45, 2.75) is 6.67 Å². The Bertz CT molecular complexity index is 248. The molecule has 1 rings (SSSR count). The van der Waals surface area contributed by atoms with Crippen LogP contribution in [0.1, 0.15) is 5.56 Å². The highest BCUT2D eigenvalue weighted by atomic mass is 19.1. The Morgan fingerprint density at radius 1 is 1.45 bits per heavy atom. The molecule has 0 fully saturated rings. The molecular weight excluding hydrogens is 147 g/mol. The molecule has 0 aromatic heterocycles. The molecular formula is C8H6FO2. The van der Waals surface area contributed by atoms with E-state index >= 15 is 0 Å². The van der Waals surface area contributed by atoms with Crippen LogP contribution in [0.15, 0.2) is 24.3 Å². The van der Waals surface area contributed by atoms with Crippen molar-refractivity contribution >= 4 is 6.47 Å². The Balaban J connectivity index is 2.92. The summed E-state index contributed by atoms with van der Waals surface area (Å²) in [4.78, 5) is 9.77. The minimum Gasteiger partial charge on any atom is -0.418 e. The van der Waals surface area contributed by atoms with Crippen LogP contribution in [0.25, 0.3) is 0 Å². The van der Waals surface area contributed by atoms with E-state index in [0.29, 0.717) is 5.56 Å². The van der Waals surface area contributed by atoms with E-state index in [9.17, 15) is 9.18 Å². The Kier molecular flexibility index (Phi) is 2.60. The first-order chi connectivity index (χ1) is 5.38. The molecule has 0 amide bonds. The van der Waals surface area contributed by atoms with E-state index in [4.69, 9.17) is 0 Å². The van der Waals surface area contributed by atoms with Gasteiger partial charge in [0.2, 0.25) is 0 Å². The Hall–Kier alpha value is -1.38. The summed E-state index contributed by atoms with van der Waals surface area (Å²) in [5, 5.41) is 0. The second kappa shape index (κ2) is 3.71. The fourth-order valence-electron chi connectivity index (χ4n) is 0.759. The molecule has 0 aliphatic rings. The molecule has 0 unspecified atom stereocenters. The molecule has 0 saturated heterocycles. The van der Waals surface area contributed by atoms with Crippen molar-refractivity contribution < 1.29 is 13.9 Å². The number of halogens is 1. The molecule has 3 heteroatoms. The third-order valence-electron chi connectivity index (χ3n) is 1.27. The lowest BCUT2D eigenvalue weighted by molar-refractivity contribution is 0.425. The van der Waals surface area contributed by atoms with Gasteiger partial charge in [-0.25, -0.2) is 9.18 Å². The summed E-state index contributed by atoms with van der Waals surface area (Å²) in [6.07, 6.45) is 0. The Morgan fingerprint density at radius 2 is 2.18 bits per heavy atom. The highest BCUT2D eigenvalue weighted by molar-refractivity contribution is 5.48. The van der Waals surface area contributed by atoms with Crippen molar-refractivity contribution in [1.29, 1.82) is 0 Å². The monoisotopic (exact) mass is 153 g/mol. The minimum absolute atomic E-state index is 0.227. The molecule has 0 saturated carbocycles. The van der Waals surface area contributed by atoms with Gasteiger partial charge in [-0.1, -0.05) is 18.2 Å². The van der Waals surface area contributed by atoms with E-state index in [-0.39, 0.29) is 5.75 Å². The van der Waals surface area contributed by atoms with Gasteiger partial charge in [0.05, 0.1) is 0 Å². The van der Waals surface area contributed by atoms with Gasteiger partial charge in [-0.15, -0.1) is 0 Å². The van der Waals surface area contributed by atoms with Crippen LogP contribution in [0.2, 0.25) is 0 Å². The molecule has 0 N–H and O–H groups in total. The summed E-state index contributed by atoms with van der Waals surface area (Å²) < 4.78 is 16.5. The fraction of sp³-hybridized carbons (Fsp3) is 0.125. The smallest absolute Gasteiger partial charge is 0.418 e. The van der Waals surface area contributed by atoms with Crippen molar-refractivity contribution in [3.8, 4) is 5.75 Å². The van der Waals surface area contributed by atoms with Gasteiger partial charge >= 0.3 is 6.47 Å². The highest BCUT2D eigenvalue weighted by Crippen LogP contribution is 2.17. The number of ether oxygens (including phenoxy) is 1. The van der Waals surface area contributed by atoms with E-state index in [1.807, 2.05) is 0 Å². The number of para-hydroxylation sites is 1. The molecule has 1 radical (unpaired) electrons. The standard InChI is InChI=1S/C8H6FO2/c9-5-7-3-1-2-4-8(7)11-6-10/h1-4H,5H2. The van der Waals surface area contributed by atoms with Crippen LogP contribution in [0.3, 0.4) is 0 Å². The maximum absolute atomic E-state index is 12.1. The van der Waals surface area contributed by atoms with Gasteiger partial charge in [-0.05, 0) is 6.07 Å². The van der Waals surface area contributed by atoms with Crippen molar-refractivity contribution in [3.63, 3.8) is 0 Å². The second-order valence-electron chi connectivity index (χ2n) is 1.93. The number of benzene rings is 1. The first kappa shape index (κ1) is 7.72. The predicted molar refractivity (Wildman–Crippen MR) is 37.6 cm³/mol. The van der Waals surface area contributed by atoms with E-state index in [1.165, 1.54) is 12.5 Å². The first-order valence-electron chi connectivity index (χ1n) is 3.06. The van der Waals surface area contributed by atoms with Crippen LogP contribution in [0, 0.1) is 0 Å². The summed E-state index contributed by atoms with van der Waals surface area (Å²) in [5.74, 6) is 0.227. The molecule has 0 heterocycles. The number of carbonyl (C=O) groups excluding carboxylic acids is 1. The van der Waals surface area contributed by atoms with E-state index < -0.39 is 6.67 Å². The van der Waals surface area contributed by atoms with Gasteiger partial charge in [0.15, 0.2) is 0 Å². The average molecular weight is 153 g/mol. The fourth-order valence-corrected chi connectivity index (χ4v) is 0.759. The third-order valence-corrected chi connectivity index (χ3v) is 1.27. The number of alkyl halides is 1. The summed E-state index contributed by atoms with van der Waals surface area (Å²) in [6, 6.07) is 6.39. The quantitative estimate of drug-likeness (QED) is 0.659. The number of hydrogen-bond donors (Lipinski definition) is 0. The lowest BCUT2D eigenvalue weighted by Crippen LogP contribution is -1.92. The maximum atomic E-state index is 12.1. The van der Waals surface area contributed by atoms with Crippen LogP contribution in [0.5, 0.6) is 5.75 Å². The van der Waals surface area contributed by atoms with Gasteiger partial charge in [0.1, 0.15) is 12.4 Å². The lowest BCUT2D eigenvalue weighted by Gasteiger charge is -2.00. The zero-order chi connectivity index (χ0) is 8.10. The normalized spacial score (nSPS) is 9.18. The molecule has 11 heavy (non-hydrogen) atoms. The van der Waals surface area contributed by atoms with E-state index in [0.717, 1.165) is 0 Å². The molecule has 1 aromatic rings. The summed E-state index contributed by atoms with van der Waals surface area (Å²) in [6.45, 7) is 0.601. The molecule has 1 aromatic carbocycles. The van der Waals surface area contributed by atoms with E-state index in [1.54, 1.807) is 18.2 Å². The summed E-state index contributed by atoms with van der Waals surface area (Å²) in [7, 11) is 0. The van der Waals surface area contributed by atoms with Crippen molar-refractivity contribution in [3.05, 3.63) is 29.8 Å². The molecule has 0 aliphatic carbocycles. The third kappa shape index (κ3) is 1.77.